The molecular weight excluding hydrogens is 222 g/mol. The number of hydrogen-bond donors (Lipinski definition) is 2. The Kier molecular flexibility index (Phi) is 5.41. The fourth-order valence-corrected chi connectivity index (χ4v) is 1.20. The Balaban J connectivity index is 2.93. The van der Waals surface area contributed by atoms with Gasteiger partial charge in [0.05, 0.1) is 13.2 Å². The number of likely N-dealkylation sites (N-methyl/N-ethyl adjacent to an activating group) is 1. The number of anilines is 2. The van der Waals surface area contributed by atoms with Crippen molar-refractivity contribution in [2.24, 2.45) is 0 Å². The molecule has 0 bridgehead atoms. The highest BCUT2D eigenvalue weighted by atomic mass is 16.5. The summed E-state index contributed by atoms with van der Waals surface area (Å²) in [4.78, 5) is 14.2. The lowest BCUT2D eigenvalue weighted by Gasteiger charge is -2.16. The Morgan fingerprint density at radius 1 is 1.29 bits per heavy atom. The number of rotatable bonds is 7. The molecule has 1 aromatic rings. The van der Waals surface area contributed by atoms with E-state index in [1.54, 1.807) is 11.9 Å². The van der Waals surface area contributed by atoms with Gasteiger partial charge in [0.15, 0.2) is 0 Å². The van der Waals surface area contributed by atoms with E-state index in [9.17, 15) is 0 Å². The quantitative estimate of drug-likeness (QED) is 0.702. The predicted molar refractivity (Wildman–Crippen MR) is 65.5 cm³/mol. The monoisotopic (exact) mass is 241 g/mol. The zero-order valence-electron chi connectivity index (χ0n) is 10.5. The minimum atomic E-state index is 0.0443. The maximum absolute atomic E-state index is 8.88. The molecule has 0 aromatic carbocycles. The van der Waals surface area contributed by atoms with Gasteiger partial charge in [-0.15, -0.1) is 0 Å². The van der Waals surface area contributed by atoms with Gasteiger partial charge in [0.2, 0.25) is 11.9 Å². The van der Waals surface area contributed by atoms with Crippen LogP contribution in [0.25, 0.3) is 0 Å². The Bertz CT molecular complexity index is 323. The summed E-state index contributed by atoms with van der Waals surface area (Å²) in [6, 6.07) is 0.290. The third-order valence-electron chi connectivity index (χ3n) is 1.99. The van der Waals surface area contributed by atoms with E-state index < -0.39 is 0 Å². The van der Waals surface area contributed by atoms with Crippen LogP contribution in [0.4, 0.5) is 11.9 Å². The topological polar surface area (TPSA) is 83.4 Å². The number of nitrogens with zero attached hydrogens (tertiary/aromatic N) is 4. The smallest absolute Gasteiger partial charge is 0.323 e. The summed E-state index contributed by atoms with van der Waals surface area (Å²) in [5, 5.41) is 11.9. The highest BCUT2D eigenvalue weighted by Gasteiger charge is 2.10. The lowest BCUT2D eigenvalue weighted by Crippen LogP contribution is -2.24. The summed E-state index contributed by atoms with van der Waals surface area (Å²) >= 11 is 0. The molecule has 2 N–H and O–H groups in total. The standard InChI is InChI=1S/C10H19N5O2/c1-4-11-8-12-9(15(3)6-7-16)14-10(13-8)17-5-2/h16H,4-7H2,1-3H3,(H,11,12,13,14). The maximum atomic E-state index is 8.88. The van der Waals surface area contributed by atoms with Crippen LogP contribution >= 0.6 is 0 Å². The summed E-state index contributed by atoms with van der Waals surface area (Å²) in [6.45, 7) is 5.55. The molecular formula is C10H19N5O2. The molecule has 0 aliphatic carbocycles. The van der Waals surface area contributed by atoms with Crippen molar-refractivity contribution in [1.82, 2.24) is 15.0 Å². The van der Waals surface area contributed by atoms with Crippen LogP contribution in [-0.2, 0) is 0 Å². The van der Waals surface area contributed by atoms with Gasteiger partial charge in [-0.1, -0.05) is 0 Å². The number of hydrogen-bond acceptors (Lipinski definition) is 7. The van der Waals surface area contributed by atoms with Gasteiger partial charge in [-0.25, -0.2) is 0 Å². The van der Waals surface area contributed by atoms with Crippen molar-refractivity contribution in [2.75, 3.05) is 43.6 Å². The second kappa shape index (κ2) is 6.85. The summed E-state index contributed by atoms with van der Waals surface area (Å²) in [5.74, 6) is 0.958. The van der Waals surface area contributed by atoms with Gasteiger partial charge in [0, 0.05) is 20.1 Å². The largest absolute Gasteiger partial charge is 0.464 e. The van der Waals surface area contributed by atoms with Crippen LogP contribution in [0.3, 0.4) is 0 Å². The van der Waals surface area contributed by atoms with Crippen LogP contribution in [0, 0.1) is 0 Å². The van der Waals surface area contributed by atoms with Gasteiger partial charge in [0.25, 0.3) is 0 Å². The fraction of sp³-hybridized carbons (Fsp3) is 0.700. The normalized spacial score (nSPS) is 10.1. The van der Waals surface area contributed by atoms with E-state index in [0.717, 1.165) is 6.54 Å². The predicted octanol–water partition coefficient (Wildman–Crippen LogP) is 0.131. The maximum Gasteiger partial charge on any atom is 0.323 e. The molecule has 1 aromatic heterocycles. The van der Waals surface area contributed by atoms with Gasteiger partial charge in [-0.05, 0) is 13.8 Å². The van der Waals surface area contributed by atoms with Gasteiger partial charge in [0.1, 0.15) is 0 Å². The van der Waals surface area contributed by atoms with E-state index in [2.05, 4.69) is 20.3 Å². The average Bonchev–Trinajstić information content (AvgIpc) is 2.30. The van der Waals surface area contributed by atoms with Crippen LogP contribution in [0.2, 0.25) is 0 Å². The Hall–Kier alpha value is -1.63. The van der Waals surface area contributed by atoms with Crippen molar-refractivity contribution in [3.8, 4) is 6.01 Å². The van der Waals surface area contributed by atoms with Gasteiger partial charge < -0.3 is 20.1 Å². The molecule has 0 saturated carbocycles. The summed E-state index contributed by atoms with van der Waals surface area (Å²) in [6.07, 6.45) is 0. The van der Waals surface area contributed by atoms with Crippen LogP contribution in [0.15, 0.2) is 0 Å². The molecule has 0 saturated heterocycles. The highest BCUT2D eigenvalue weighted by molar-refractivity contribution is 5.37. The average molecular weight is 241 g/mol. The minimum Gasteiger partial charge on any atom is -0.464 e. The number of aliphatic hydroxyl groups excluding tert-OH is 1. The molecule has 96 valence electrons. The molecule has 17 heavy (non-hydrogen) atoms. The molecule has 0 atom stereocenters. The van der Waals surface area contributed by atoms with Crippen molar-refractivity contribution in [3.63, 3.8) is 0 Å². The van der Waals surface area contributed by atoms with E-state index in [0.29, 0.717) is 31.1 Å². The van der Waals surface area contributed by atoms with Gasteiger partial charge in [-0.3, -0.25) is 0 Å². The molecule has 1 heterocycles. The number of aliphatic hydroxyl groups is 1. The SMILES string of the molecule is CCNc1nc(OCC)nc(N(C)CCO)n1. The second-order valence-electron chi connectivity index (χ2n) is 3.35. The van der Waals surface area contributed by atoms with Crippen LogP contribution in [0.5, 0.6) is 6.01 Å². The first-order chi connectivity index (χ1) is 8.21. The van der Waals surface area contributed by atoms with Crippen molar-refractivity contribution in [3.05, 3.63) is 0 Å². The Morgan fingerprint density at radius 3 is 2.65 bits per heavy atom. The molecule has 0 spiro atoms. The number of nitrogens with one attached hydrogen (secondary N) is 1. The number of ether oxygens (including phenoxy) is 1. The third-order valence-corrected chi connectivity index (χ3v) is 1.99. The van der Waals surface area contributed by atoms with E-state index in [4.69, 9.17) is 9.84 Å². The van der Waals surface area contributed by atoms with Gasteiger partial charge >= 0.3 is 6.01 Å². The molecule has 7 heteroatoms. The molecule has 0 aliphatic heterocycles. The zero-order valence-corrected chi connectivity index (χ0v) is 10.5. The summed E-state index contributed by atoms with van der Waals surface area (Å²) in [5.41, 5.74) is 0. The van der Waals surface area contributed by atoms with E-state index in [-0.39, 0.29) is 6.61 Å². The zero-order chi connectivity index (χ0) is 12.7. The van der Waals surface area contributed by atoms with Crippen LogP contribution in [-0.4, -0.2) is 53.4 Å². The van der Waals surface area contributed by atoms with Crippen LogP contribution in [0.1, 0.15) is 13.8 Å². The lowest BCUT2D eigenvalue weighted by atomic mass is 10.6. The molecule has 0 aliphatic rings. The van der Waals surface area contributed by atoms with E-state index in [1.807, 2.05) is 13.8 Å². The van der Waals surface area contributed by atoms with E-state index in [1.165, 1.54) is 0 Å². The Morgan fingerprint density at radius 2 is 2.06 bits per heavy atom. The first-order valence-corrected chi connectivity index (χ1v) is 5.66. The summed E-state index contributed by atoms with van der Waals surface area (Å²) < 4.78 is 5.27. The first-order valence-electron chi connectivity index (χ1n) is 5.66. The Labute approximate surface area is 101 Å². The van der Waals surface area contributed by atoms with Crippen LogP contribution < -0.4 is 15.0 Å². The third kappa shape index (κ3) is 4.03. The summed E-state index contributed by atoms with van der Waals surface area (Å²) in [7, 11) is 1.80. The lowest BCUT2D eigenvalue weighted by molar-refractivity contribution is 0.301. The van der Waals surface area contributed by atoms with E-state index >= 15 is 0 Å². The first kappa shape index (κ1) is 13.4. The molecule has 0 radical (unpaired) electrons. The fourth-order valence-electron chi connectivity index (χ4n) is 1.20. The minimum absolute atomic E-state index is 0.0443. The van der Waals surface area contributed by atoms with Crippen molar-refractivity contribution in [1.29, 1.82) is 0 Å². The molecule has 1 rings (SSSR count). The number of aromatic nitrogens is 3. The molecule has 7 nitrogen and oxygen atoms in total. The van der Waals surface area contributed by atoms with Gasteiger partial charge in [-0.2, -0.15) is 15.0 Å². The van der Waals surface area contributed by atoms with Crippen molar-refractivity contribution >= 4 is 11.9 Å². The highest BCUT2D eigenvalue weighted by Crippen LogP contribution is 2.13. The second-order valence-corrected chi connectivity index (χ2v) is 3.35. The molecule has 0 unspecified atom stereocenters. The van der Waals surface area contributed by atoms with Crippen molar-refractivity contribution in [2.45, 2.75) is 13.8 Å². The molecule has 0 fully saturated rings. The molecule has 0 amide bonds. The van der Waals surface area contributed by atoms with Crippen molar-refractivity contribution < 1.29 is 9.84 Å².